The molecule has 0 fully saturated rings. The first-order chi connectivity index (χ1) is 9.24. The Labute approximate surface area is 110 Å². The molecule has 5 nitrogen and oxygen atoms in total. The molecule has 1 aliphatic heterocycles. The Morgan fingerprint density at radius 2 is 2.00 bits per heavy atom. The van der Waals surface area contributed by atoms with Crippen LogP contribution in [-0.2, 0) is 9.59 Å². The molecule has 9 heteroatoms. The molecule has 0 unspecified atom stereocenters. The lowest BCUT2D eigenvalue weighted by molar-refractivity contribution is -0.156. The van der Waals surface area contributed by atoms with Crippen molar-refractivity contribution in [3.63, 3.8) is 0 Å². The number of para-hydroxylation sites is 1. The zero-order valence-corrected chi connectivity index (χ0v) is 9.91. The zero-order chi connectivity index (χ0) is 15.3. The lowest BCUT2D eigenvalue weighted by Gasteiger charge is -2.06. The van der Waals surface area contributed by atoms with Gasteiger partial charge in [0, 0.05) is 0 Å². The number of alkyl halides is 3. The summed E-state index contributed by atoms with van der Waals surface area (Å²) >= 11 is 0. The summed E-state index contributed by atoms with van der Waals surface area (Å²) in [5, 5.41) is 2.38. The molecule has 1 atom stereocenters. The molecule has 3 N–H and O–H groups in total. The molecular weight excluding hydrogens is 284 g/mol. The minimum Gasteiger partial charge on any atom is -0.489 e. The second-order valence-electron chi connectivity index (χ2n) is 3.68. The number of rotatable bonds is 0. The van der Waals surface area contributed by atoms with E-state index in [9.17, 15) is 22.4 Å². The van der Waals surface area contributed by atoms with E-state index >= 15 is 0 Å². The number of fused-ring (bicyclic) bond motifs is 1. The fourth-order valence-electron chi connectivity index (χ4n) is 1.22. The molecule has 1 heterocycles. The SMILES string of the molecule is N[C@H]1COc2cccc(F)c2NC1=O.O=CC(F)(F)F. The quantitative estimate of drug-likeness (QED) is 0.557. The summed E-state index contributed by atoms with van der Waals surface area (Å²) < 4.78 is 49.6. The molecule has 1 aromatic rings. The number of carbonyl (C=O) groups is 2. The minimum atomic E-state index is -4.64. The number of halogens is 4. The lowest BCUT2D eigenvalue weighted by Crippen LogP contribution is -2.38. The number of amides is 1. The Kier molecular flexibility index (Phi) is 5.03. The van der Waals surface area contributed by atoms with Crippen LogP contribution in [0.25, 0.3) is 0 Å². The van der Waals surface area contributed by atoms with Crippen LogP contribution in [0.4, 0.5) is 23.2 Å². The van der Waals surface area contributed by atoms with Gasteiger partial charge in [-0.1, -0.05) is 6.07 Å². The number of aldehydes is 1. The van der Waals surface area contributed by atoms with Crippen LogP contribution in [0.15, 0.2) is 18.2 Å². The van der Waals surface area contributed by atoms with E-state index in [1.807, 2.05) is 0 Å². The van der Waals surface area contributed by atoms with Gasteiger partial charge >= 0.3 is 6.18 Å². The van der Waals surface area contributed by atoms with Crippen molar-refractivity contribution < 1.29 is 31.9 Å². The fraction of sp³-hybridized carbons (Fsp3) is 0.273. The molecule has 0 aromatic heterocycles. The summed E-state index contributed by atoms with van der Waals surface area (Å²) in [5.74, 6) is -0.648. The van der Waals surface area contributed by atoms with Gasteiger partial charge in [-0.05, 0) is 12.1 Å². The van der Waals surface area contributed by atoms with E-state index in [0.717, 1.165) is 0 Å². The van der Waals surface area contributed by atoms with Gasteiger partial charge in [0.1, 0.15) is 24.1 Å². The number of anilines is 1. The first kappa shape index (κ1) is 15.9. The van der Waals surface area contributed by atoms with E-state index in [0.29, 0.717) is 5.75 Å². The summed E-state index contributed by atoms with van der Waals surface area (Å²) in [4.78, 5) is 19.9. The highest BCUT2D eigenvalue weighted by Gasteiger charge is 2.25. The third-order valence-electron chi connectivity index (χ3n) is 2.11. The average molecular weight is 294 g/mol. The molecule has 0 saturated carbocycles. The van der Waals surface area contributed by atoms with Gasteiger partial charge in [0.05, 0.1) is 0 Å². The predicted octanol–water partition coefficient (Wildman–Crippen LogP) is 1.23. The van der Waals surface area contributed by atoms with Gasteiger partial charge in [0.25, 0.3) is 0 Å². The molecule has 1 amide bonds. The van der Waals surface area contributed by atoms with E-state index in [4.69, 9.17) is 15.3 Å². The summed E-state index contributed by atoms with van der Waals surface area (Å²) in [6, 6.07) is 3.58. The maximum Gasteiger partial charge on any atom is 0.446 e. The van der Waals surface area contributed by atoms with Gasteiger partial charge in [-0.3, -0.25) is 9.59 Å². The smallest absolute Gasteiger partial charge is 0.446 e. The van der Waals surface area contributed by atoms with Crippen molar-refractivity contribution in [1.29, 1.82) is 0 Å². The van der Waals surface area contributed by atoms with Crippen molar-refractivity contribution in [3.8, 4) is 5.75 Å². The van der Waals surface area contributed by atoms with Crippen molar-refractivity contribution >= 4 is 17.9 Å². The van der Waals surface area contributed by atoms with Crippen LogP contribution in [-0.4, -0.2) is 31.0 Å². The van der Waals surface area contributed by atoms with Gasteiger partial charge in [-0.15, -0.1) is 0 Å². The summed E-state index contributed by atoms with van der Waals surface area (Å²) in [6.45, 7) is 0.0578. The van der Waals surface area contributed by atoms with E-state index in [1.165, 1.54) is 12.1 Å². The molecule has 0 bridgehead atoms. The average Bonchev–Trinajstić information content (AvgIpc) is 2.52. The number of hydrogen-bond acceptors (Lipinski definition) is 4. The molecule has 0 spiro atoms. The van der Waals surface area contributed by atoms with Crippen LogP contribution in [0.2, 0.25) is 0 Å². The van der Waals surface area contributed by atoms with Crippen LogP contribution >= 0.6 is 0 Å². The second-order valence-corrected chi connectivity index (χ2v) is 3.68. The van der Waals surface area contributed by atoms with Crippen molar-refractivity contribution in [2.75, 3.05) is 11.9 Å². The monoisotopic (exact) mass is 294 g/mol. The molecule has 0 radical (unpaired) electrons. The maximum absolute atomic E-state index is 13.2. The first-order valence-electron chi connectivity index (χ1n) is 5.25. The minimum absolute atomic E-state index is 0.0578. The van der Waals surface area contributed by atoms with E-state index in [2.05, 4.69) is 5.32 Å². The third kappa shape index (κ3) is 4.50. The van der Waals surface area contributed by atoms with Crippen LogP contribution in [0, 0.1) is 5.82 Å². The van der Waals surface area contributed by atoms with Gasteiger partial charge in [0.2, 0.25) is 12.2 Å². The normalized spacial score (nSPS) is 17.6. The number of nitrogens with one attached hydrogen (secondary N) is 1. The number of ether oxygens (including phenoxy) is 1. The Hall–Kier alpha value is -2.16. The summed E-state index contributed by atoms with van der Waals surface area (Å²) in [7, 11) is 0. The molecule has 110 valence electrons. The summed E-state index contributed by atoms with van der Waals surface area (Å²) in [5.41, 5.74) is 5.51. The Balaban J connectivity index is 0.000000286. The van der Waals surface area contributed by atoms with Crippen LogP contribution < -0.4 is 15.8 Å². The van der Waals surface area contributed by atoms with Gasteiger partial charge in [-0.25, -0.2) is 4.39 Å². The van der Waals surface area contributed by atoms with E-state index < -0.39 is 30.2 Å². The maximum atomic E-state index is 13.2. The number of benzene rings is 1. The van der Waals surface area contributed by atoms with Gasteiger partial charge < -0.3 is 15.8 Å². The first-order valence-corrected chi connectivity index (χ1v) is 5.25. The van der Waals surface area contributed by atoms with Crippen molar-refractivity contribution in [3.05, 3.63) is 24.0 Å². The van der Waals surface area contributed by atoms with Crippen LogP contribution in [0.5, 0.6) is 5.75 Å². The number of hydrogen-bond donors (Lipinski definition) is 2. The summed E-state index contributed by atoms with van der Waals surface area (Å²) in [6.07, 6.45) is -5.70. The van der Waals surface area contributed by atoms with Crippen LogP contribution in [0.1, 0.15) is 0 Å². The molecule has 0 saturated heterocycles. The molecule has 1 aromatic carbocycles. The van der Waals surface area contributed by atoms with Crippen molar-refractivity contribution in [1.82, 2.24) is 0 Å². The van der Waals surface area contributed by atoms with E-state index in [1.54, 1.807) is 6.07 Å². The molecule has 20 heavy (non-hydrogen) atoms. The number of nitrogens with two attached hydrogens (primary N) is 1. The van der Waals surface area contributed by atoms with Gasteiger partial charge in [0.15, 0.2) is 5.82 Å². The highest BCUT2D eigenvalue weighted by Crippen LogP contribution is 2.29. The topological polar surface area (TPSA) is 81.4 Å². The highest BCUT2D eigenvalue weighted by molar-refractivity contribution is 5.96. The Bertz CT molecular complexity index is 505. The largest absolute Gasteiger partial charge is 0.489 e. The van der Waals surface area contributed by atoms with Crippen molar-refractivity contribution in [2.24, 2.45) is 5.73 Å². The Morgan fingerprint density at radius 1 is 1.40 bits per heavy atom. The second kappa shape index (κ2) is 6.33. The zero-order valence-electron chi connectivity index (χ0n) is 9.91. The van der Waals surface area contributed by atoms with Gasteiger partial charge in [-0.2, -0.15) is 13.2 Å². The standard InChI is InChI=1S/C9H9FN2O2.C2HF3O/c10-5-2-1-3-7-8(5)12-9(13)6(11)4-14-7;3-2(4,5)1-6/h1-3,6H,4,11H2,(H,12,13);1H/t6-;/m0./s1. The van der Waals surface area contributed by atoms with Crippen LogP contribution in [0.3, 0.4) is 0 Å². The van der Waals surface area contributed by atoms with E-state index in [-0.39, 0.29) is 12.3 Å². The predicted molar refractivity (Wildman–Crippen MR) is 60.6 cm³/mol. The third-order valence-corrected chi connectivity index (χ3v) is 2.11. The molecule has 0 aliphatic carbocycles. The lowest BCUT2D eigenvalue weighted by atomic mass is 10.2. The Morgan fingerprint density at radius 3 is 2.55 bits per heavy atom. The molecule has 2 rings (SSSR count). The molecular formula is C11H10F4N2O3. The van der Waals surface area contributed by atoms with Crippen molar-refractivity contribution in [2.45, 2.75) is 12.2 Å². The number of carbonyl (C=O) groups excluding carboxylic acids is 2. The highest BCUT2D eigenvalue weighted by atomic mass is 19.4. The molecule has 1 aliphatic rings. The fourth-order valence-corrected chi connectivity index (χ4v) is 1.22.